The van der Waals surface area contributed by atoms with E-state index in [1.165, 1.54) is 6.08 Å². The van der Waals surface area contributed by atoms with Crippen LogP contribution in [0.2, 0.25) is 0 Å². The molecule has 1 aliphatic rings. The van der Waals surface area contributed by atoms with Crippen LogP contribution >= 0.6 is 0 Å². The van der Waals surface area contributed by atoms with Crippen LogP contribution in [-0.4, -0.2) is 16.7 Å². The summed E-state index contributed by atoms with van der Waals surface area (Å²) in [6.45, 7) is 5.13. The van der Waals surface area contributed by atoms with Gasteiger partial charge in [-0.3, -0.25) is 9.59 Å². The zero-order chi connectivity index (χ0) is 9.30. The molecule has 0 aromatic rings. The zero-order valence-corrected chi connectivity index (χ0v) is 6.63. The molecule has 3 nitrogen and oxygen atoms in total. The molecule has 0 aliphatic heterocycles. The van der Waals surface area contributed by atoms with Crippen molar-refractivity contribution in [2.24, 2.45) is 0 Å². The van der Waals surface area contributed by atoms with E-state index in [2.05, 4.69) is 6.58 Å². The highest BCUT2D eigenvalue weighted by atomic mass is 16.3. The van der Waals surface area contributed by atoms with Crippen LogP contribution in [0.4, 0.5) is 0 Å². The van der Waals surface area contributed by atoms with Gasteiger partial charge in [-0.2, -0.15) is 0 Å². The van der Waals surface area contributed by atoms with Crippen molar-refractivity contribution >= 4 is 11.6 Å². The van der Waals surface area contributed by atoms with E-state index in [9.17, 15) is 9.59 Å². The number of rotatable bonds is 0. The summed E-state index contributed by atoms with van der Waals surface area (Å²) in [5.74, 6) is -1.58. The van der Waals surface area contributed by atoms with Gasteiger partial charge in [-0.25, -0.2) is 0 Å². The number of ketones is 2. The first-order valence-corrected chi connectivity index (χ1v) is 3.39. The van der Waals surface area contributed by atoms with E-state index in [0.29, 0.717) is 11.1 Å². The number of carbonyl (C=O) groups is 2. The third-order valence-electron chi connectivity index (χ3n) is 1.64. The van der Waals surface area contributed by atoms with E-state index in [1.54, 1.807) is 6.92 Å². The first-order chi connectivity index (χ1) is 5.52. The quantitative estimate of drug-likeness (QED) is 0.545. The first kappa shape index (κ1) is 8.46. The van der Waals surface area contributed by atoms with Crippen molar-refractivity contribution in [3.05, 3.63) is 35.6 Å². The smallest absolute Gasteiger partial charge is 0.229 e. The van der Waals surface area contributed by atoms with Crippen LogP contribution < -0.4 is 0 Å². The first-order valence-electron chi connectivity index (χ1n) is 3.39. The van der Waals surface area contributed by atoms with Crippen molar-refractivity contribution in [1.82, 2.24) is 0 Å². The number of carbonyl (C=O) groups excluding carboxylic acids is 2. The fourth-order valence-corrected chi connectivity index (χ4v) is 0.839. The molecule has 0 aromatic carbocycles. The van der Waals surface area contributed by atoms with Gasteiger partial charge in [0.2, 0.25) is 11.6 Å². The predicted octanol–water partition coefficient (Wildman–Crippen LogP) is 1.08. The molecule has 0 aromatic heterocycles. The third kappa shape index (κ3) is 1.34. The molecule has 0 saturated heterocycles. The fraction of sp³-hybridized carbons (Fsp3) is 0.111. The minimum absolute atomic E-state index is 0.236. The van der Waals surface area contributed by atoms with E-state index in [-0.39, 0.29) is 5.76 Å². The minimum Gasteiger partial charge on any atom is -0.507 e. The molecular formula is C9H8O3. The second-order valence-electron chi connectivity index (χ2n) is 2.56. The molecular weight excluding hydrogens is 156 g/mol. The summed E-state index contributed by atoms with van der Waals surface area (Å²) in [5.41, 5.74) is 0.828. The molecule has 0 unspecified atom stereocenters. The SMILES string of the molecule is C=C1C(C)=CC(=O)C(=O)C=C1O. The normalized spacial score (nSPS) is 18.6. The average molecular weight is 164 g/mol. The van der Waals surface area contributed by atoms with Gasteiger partial charge in [0, 0.05) is 11.6 Å². The highest BCUT2D eigenvalue weighted by molar-refractivity contribution is 6.46. The van der Waals surface area contributed by atoms with Crippen molar-refractivity contribution in [3.8, 4) is 0 Å². The molecule has 0 heterocycles. The summed E-state index contributed by atoms with van der Waals surface area (Å²) in [4.78, 5) is 21.7. The Labute approximate surface area is 69.7 Å². The lowest BCUT2D eigenvalue weighted by Gasteiger charge is -1.99. The molecule has 1 aliphatic carbocycles. The highest BCUT2D eigenvalue weighted by Gasteiger charge is 2.16. The van der Waals surface area contributed by atoms with Gasteiger partial charge in [-0.1, -0.05) is 6.58 Å². The van der Waals surface area contributed by atoms with Gasteiger partial charge >= 0.3 is 0 Å². The molecule has 0 bridgehead atoms. The molecule has 3 heteroatoms. The summed E-state index contributed by atoms with van der Waals surface area (Å²) in [7, 11) is 0. The van der Waals surface area contributed by atoms with Crippen LogP contribution in [0.25, 0.3) is 0 Å². The number of aliphatic hydroxyl groups is 1. The summed E-state index contributed by atoms with van der Waals surface area (Å²) in [6.07, 6.45) is 2.06. The van der Waals surface area contributed by atoms with Gasteiger partial charge in [0.1, 0.15) is 5.76 Å². The molecule has 1 N–H and O–H groups in total. The molecule has 0 spiro atoms. The van der Waals surface area contributed by atoms with Crippen molar-refractivity contribution in [3.63, 3.8) is 0 Å². The fourth-order valence-electron chi connectivity index (χ4n) is 0.839. The van der Waals surface area contributed by atoms with Gasteiger partial charge in [-0.05, 0) is 18.6 Å². The third-order valence-corrected chi connectivity index (χ3v) is 1.64. The summed E-state index contributed by atoms with van der Waals surface area (Å²) in [5, 5.41) is 9.16. The van der Waals surface area contributed by atoms with E-state index < -0.39 is 11.6 Å². The Balaban J connectivity index is 3.24. The van der Waals surface area contributed by atoms with Crippen LogP contribution in [0, 0.1) is 0 Å². The number of hydrogen-bond acceptors (Lipinski definition) is 3. The number of allylic oxidation sites excluding steroid dienone is 3. The molecule has 0 amide bonds. The van der Waals surface area contributed by atoms with Crippen molar-refractivity contribution in [2.45, 2.75) is 6.92 Å². The highest BCUT2D eigenvalue weighted by Crippen LogP contribution is 2.17. The number of aliphatic hydroxyl groups excluding tert-OH is 1. The Hall–Kier alpha value is -1.64. The average Bonchev–Trinajstić information content (AvgIpc) is 2.07. The molecule has 0 atom stereocenters. The van der Waals surface area contributed by atoms with Crippen LogP contribution in [-0.2, 0) is 9.59 Å². The Morgan fingerprint density at radius 2 is 1.75 bits per heavy atom. The van der Waals surface area contributed by atoms with Crippen molar-refractivity contribution < 1.29 is 14.7 Å². The summed E-state index contributed by atoms with van der Waals surface area (Å²) >= 11 is 0. The largest absolute Gasteiger partial charge is 0.507 e. The molecule has 62 valence electrons. The van der Waals surface area contributed by atoms with Gasteiger partial charge in [0.25, 0.3) is 0 Å². The van der Waals surface area contributed by atoms with E-state index in [4.69, 9.17) is 5.11 Å². The van der Waals surface area contributed by atoms with Crippen LogP contribution in [0.15, 0.2) is 35.6 Å². The van der Waals surface area contributed by atoms with Gasteiger partial charge in [0.15, 0.2) is 0 Å². The molecule has 12 heavy (non-hydrogen) atoms. The summed E-state index contributed by atoms with van der Waals surface area (Å²) in [6, 6.07) is 0. The monoisotopic (exact) mass is 164 g/mol. The number of hydrogen-bond donors (Lipinski definition) is 1. The van der Waals surface area contributed by atoms with Crippen molar-refractivity contribution in [2.75, 3.05) is 0 Å². The molecule has 0 fully saturated rings. The Morgan fingerprint density at radius 3 is 2.33 bits per heavy atom. The molecule has 0 radical (unpaired) electrons. The Kier molecular flexibility index (Phi) is 1.95. The van der Waals surface area contributed by atoms with Crippen LogP contribution in [0.3, 0.4) is 0 Å². The van der Waals surface area contributed by atoms with Gasteiger partial charge in [0.05, 0.1) is 0 Å². The van der Waals surface area contributed by atoms with Crippen molar-refractivity contribution in [1.29, 1.82) is 0 Å². The maximum atomic E-state index is 10.9. The van der Waals surface area contributed by atoms with Crippen LogP contribution in [0.1, 0.15) is 6.92 Å². The lowest BCUT2D eigenvalue weighted by molar-refractivity contribution is -0.131. The topological polar surface area (TPSA) is 54.4 Å². The summed E-state index contributed by atoms with van der Waals surface area (Å²) < 4.78 is 0. The van der Waals surface area contributed by atoms with E-state index >= 15 is 0 Å². The maximum Gasteiger partial charge on any atom is 0.229 e. The van der Waals surface area contributed by atoms with E-state index in [1.807, 2.05) is 0 Å². The Morgan fingerprint density at radius 1 is 1.25 bits per heavy atom. The second kappa shape index (κ2) is 2.77. The molecule has 1 rings (SSSR count). The van der Waals surface area contributed by atoms with Crippen LogP contribution in [0.5, 0.6) is 0 Å². The van der Waals surface area contributed by atoms with Gasteiger partial charge in [-0.15, -0.1) is 0 Å². The zero-order valence-electron chi connectivity index (χ0n) is 6.63. The minimum atomic E-state index is -0.717. The van der Waals surface area contributed by atoms with Gasteiger partial charge < -0.3 is 5.11 Å². The maximum absolute atomic E-state index is 10.9. The second-order valence-corrected chi connectivity index (χ2v) is 2.56. The predicted molar refractivity (Wildman–Crippen MR) is 43.6 cm³/mol. The lowest BCUT2D eigenvalue weighted by atomic mass is 10.1. The Bertz CT molecular complexity index is 300. The standard InChI is InChI=1S/C9H8O3/c1-5-3-8(11)9(12)4-7(10)6(5)2/h3-4,10H,2H2,1H3. The van der Waals surface area contributed by atoms with E-state index in [0.717, 1.165) is 6.08 Å². The lowest BCUT2D eigenvalue weighted by Crippen LogP contribution is -2.06. The molecule has 0 saturated carbocycles.